The van der Waals surface area contributed by atoms with Gasteiger partial charge in [-0.1, -0.05) is 6.07 Å². The largest absolute Gasteiger partial charge is 0.325 e. The molecule has 0 aliphatic rings. The fourth-order valence-corrected chi connectivity index (χ4v) is 2.48. The minimum Gasteiger partial charge on any atom is -0.325 e. The summed E-state index contributed by atoms with van der Waals surface area (Å²) in [5.74, 6) is -0.281. The van der Waals surface area contributed by atoms with E-state index in [1.54, 1.807) is 25.1 Å². The van der Waals surface area contributed by atoms with Crippen molar-refractivity contribution in [2.24, 2.45) is 7.05 Å². The third-order valence-electron chi connectivity index (χ3n) is 3.59. The van der Waals surface area contributed by atoms with Gasteiger partial charge in [-0.25, -0.2) is 9.37 Å². The van der Waals surface area contributed by atoms with E-state index in [-0.39, 0.29) is 24.6 Å². The van der Waals surface area contributed by atoms with Gasteiger partial charge in [0, 0.05) is 12.7 Å². The second-order valence-corrected chi connectivity index (χ2v) is 5.75. The molecule has 25 heavy (non-hydrogen) atoms. The smallest absolute Gasteiger partial charge is 0.262 e. The molecule has 0 fully saturated rings. The van der Waals surface area contributed by atoms with Crippen LogP contribution in [0.2, 0.25) is 0 Å². The van der Waals surface area contributed by atoms with E-state index < -0.39 is 5.82 Å². The lowest BCUT2D eigenvalue weighted by Gasteiger charge is -2.15. The Morgan fingerprint density at radius 1 is 1.44 bits per heavy atom. The zero-order chi connectivity index (χ0) is 18.0. The summed E-state index contributed by atoms with van der Waals surface area (Å²) < 4.78 is 14.6. The molecule has 3 aromatic rings. The quantitative estimate of drug-likeness (QED) is 0.716. The van der Waals surface area contributed by atoms with Crippen LogP contribution in [0.4, 0.5) is 10.1 Å². The number of anilines is 1. The van der Waals surface area contributed by atoms with Crippen LogP contribution in [0.1, 0.15) is 5.82 Å². The topological polar surface area (TPSA) is 95.9 Å². The summed E-state index contributed by atoms with van der Waals surface area (Å²) >= 11 is 0. The molecule has 2 aromatic heterocycles. The van der Waals surface area contributed by atoms with Crippen molar-refractivity contribution in [2.75, 3.05) is 18.9 Å². The Bertz CT molecular complexity index is 980. The normalized spacial score (nSPS) is 11.2. The summed E-state index contributed by atoms with van der Waals surface area (Å²) in [7, 11) is 3.42. The van der Waals surface area contributed by atoms with E-state index in [1.807, 2.05) is 0 Å². The Morgan fingerprint density at radius 2 is 2.24 bits per heavy atom. The number of carbonyl (C=O) groups is 1. The molecule has 1 aromatic carbocycles. The van der Waals surface area contributed by atoms with Crippen LogP contribution in [0, 0.1) is 5.82 Å². The predicted molar refractivity (Wildman–Crippen MR) is 90.5 cm³/mol. The first-order valence-electron chi connectivity index (χ1n) is 7.57. The van der Waals surface area contributed by atoms with Gasteiger partial charge in [-0.2, -0.15) is 5.10 Å². The zero-order valence-electron chi connectivity index (χ0n) is 13.8. The number of likely N-dealkylation sites (N-methyl/N-ethyl adjacent to an activating group) is 1. The van der Waals surface area contributed by atoms with Gasteiger partial charge in [-0.05, 0) is 25.2 Å². The molecule has 0 saturated heterocycles. The molecule has 0 unspecified atom stereocenters. The van der Waals surface area contributed by atoms with Crippen molar-refractivity contribution in [3.8, 4) is 0 Å². The second-order valence-electron chi connectivity index (χ2n) is 5.75. The van der Waals surface area contributed by atoms with Gasteiger partial charge in [0.25, 0.3) is 5.56 Å². The first-order valence-corrected chi connectivity index (χ1v) is 7.57. The average molecular weight is 344 g/mol. The monoisotopic (exact) mass is 344 g/mol. The van der Waals surface area contributed by atoms with Gasteiger partial charge in [0.05, 0.1) is 19.3 Å². The number of rotatable bonds is 5. The molecule has 130 valence electrons. The van der Waals surface area contributed by atoms with E-state index in [0.717, 1.165) is 0 Å². The van der Waals surface area contributed by atoms with E-state index in [4.69, 9.17) is 0 Å². The number of amides is 1. The van der Waals surface area contributed by atoms with Gasteiger partial charge in [-0.3, -0.25) is 19.2 Å². The highest BCUT2D eigenvalue weighted by Crippen LogP contribution is 2.09. The summed E-state index contributed by atoms with van der Waals surface area (Å²) in [5, 5.41) is 7.04. The van der Waals surface area contributed by atoms with Gasteiger partial charge in [-0.15, -0.1) is 0 Å². The van der Waals surface area contributed by atoms with Crippen LogP contribution < -0.4 is 10.9 Å². The van der Waals surface area contributed by atoms with Gasteiger partial charge >= 0.3 is 0 Å². The first-order chi connectivity index (χ1) is 11.9. The lowest BCUT2D eigenvalue weighted by molar-refractivity contribution is -0.117. The number of aromatic amines is 1. The molecular weight excluding hydrogens is 327 g/mol. The Hall–Kier alpha value is -3.07. The highest BCUT2D eigenvalue weighted by molar-refractivity contribution is 5.92. The summed E-state index contributed by atoms with van der Waals surface area (Å²) in [6.45, 7) is 0.330. The number of aromatic nitrogens is 4. The average Bonchev–Trinajstić information content (AvgIpc) is 2.89. The number of nitrogens with one attached hydrogen (secondary N) is 2. The number of carbonyl (C=O) groups excluding carboxylic acids is 1. The van der Waals surface area contributed by atoms with Gasteiger partial charge in [0.2, 0.25) is 5.91 Å². The van der Waals surface area contributed by atoms with Crippen LogP contribution in [-0.4, -0.2) is 44.1 Å². The fourth-order valence-electron chi connectivity index (χ4n) is 2.48. The standard InChI is InChI=1S/C16H17FN6O2/c1-22(9-14(24)19-11-5-3-4-10(17)6-11)8-13-20-15-12(16(25)21-13)7-18-23(15)2/h3-7H,8-9H2,1-2H3,(H,19,24)(H,20,21,25). The molecule has 0 saturated carbocycles. The highest BCUT2D eigenvalue weighted by Gasteiger charge is 2.12. The Morgan fingerprint density at radius 3 is 3.00 bits per heavy atom. The molecule has 0 bridgehead atoms. The van der Waals surface area contributed by atoms with Crippen LogP contribution in [0.15, 0.2) is 35.3 Å². The van der Waals surface area contributed by atoms with Crippen molar-refractivity contribution in [3.63, 3.8) is 0 Å². The number of halogens is 1. The predicted octanol–water partition coefficient (Wildman–Crippen LogP) is 0.866. The molecule has 1 amide bonds. The summed E-state index contributed by atoms with van der Waals surface area (Å²) in [5.41, 5.74) is 0.600. The van der Waals surface area contributed by atoms with Crippen molar-refractivity contribution in [3.05, 3.63) is 52.5 Å². The molecule has 0 aliphatic carbocycles. The van der Waals surface area contributed by atoms with Crippen LogP contribution in [0.5, 0.6) is 0 Å². The number of fused-ring (bicyclic) bond motifs is 1. The van der Waals surface area contributed by atoms with Crippen LogP contribution in [0.3, 0.4) is 0 Å². The van der Waals surface area contributed by atoms with E-state index in [1.165, 1.54) is 29.1 Å². The van der Waals surface area contributed by atoms with Crippen LogP contribution >= 0.6 is 0 Å². The van der Waals surface area contributed by atoms with E-state index in [9.17, 15) is 14.0 Å². The maximum Gasteiger partial charge on any atom is 0.262 e. The maximum absolute atomic E-state index is 13.1. The molecule has 8 nitrogen and oxygen atoms in total. The molecule has 3 rings (SSSR count). The van der Waals surface area contributed by atoms with E-state index in [2.05, 4.69) is 20.4 Å². The molecule has 0 aliphatic heterocycles. The van der Waals surface area contributed by atoms with Gasteiger partial charge < -0.3 is 10.3 Å². The minimum absolute atomic E-state index is 0.0592. The molecule has 2 N–H and O–H groups in total. The number of hydrogen-bond donors (Lipinski definition) is 2. The summed E-state index contributed by atoms with van der Waals surface area (Å²) in [6, 6.07) is 5.68. The molecule has 0 radical (unpaired) electrons. The van der Waals surface area contributed by atoms with Crippen molar-refractivity contribution in [1.29, 1.82) is 0 Å². The van der Waals surface area contributed by atoms with Crippen molar-refractivity contribution < 1.29 is 9.18 Å². The molecule has 0 atom stereocenters. The lowest BCUT2D eigenvalue weighted by atomic mass is 10.3. The maximum atomic E-state index is 13.1. The Balaban J connectivity index is 1.66. The van der Waals surface area contributed by atoms with Crippen LogP contribution in [0.25, 0.3) is 11.0 Å². The Labute approximate surface area is 142 Å². The van der Waals surface area contributed by atoms with Gasteiger partial charge in [0.15, 0.2) is 5.65 Å². The first kappa shape index (κ1) is 16.8. The minimum atomic E-state index is -0.419. The van der Waals surface area contributed by atoms with E-state index in [0.29, 0.717) is 22.5 Å². The number of hydrogen-bond acceptors (Lipinski definition) is 5. The van der Waals surface area contributed by atoms with Gasteiger partial charge in [0.1, 0.15) is 17.0 Å². The zero-order valence-corrected chi connectivity index (χ0v) is 13.8. The molecule has 2 heterocycles. The van der Waals surface area contributed by atoms with Crippen molar-refractivity contribution >= 4 is 22.6 Å². The van der Waals surface area contributed by atoms with E-state index >= 15 is 0 Å². The van der Waals surface area contributed by atoms with Crippen LogP contribution in [-0.2, 0) is 18.4 Å². The fraction of sp³-hybridized carbons (Fsp3) is 0.250. The summed E-state index contributed by atoms with van der Waals surface area (Å²) in [4.78, 5) is 32.8. The number of aryl methyl sites for hydroxylation is 1. The molecule has 9 heteroatoms. The number of H-pyrrole nitrogens is 1. The number of nitrogens with zero attached hydrogens (tertiary/aromatic N) is 4. The molecular formula is C16H17FN6O2. The second kappa shape index (κ2) is 6.81. The number of benzene rings is 1. The van der Waals surface area contributed by atoms with Crippen molar-refractivity contribution in [1.82, 2.24) is 24.6 Å². The Kier molecular flexibility index (Phi) is 4.57. The molecule has 0 spiro atoms. The summed E-state index contributed by atoms with van der Waals surface area (Å²) in [6.07, 6.45) is 1.46. The van der Waals surface area contributed by atoms with Crippen molar-refractivity contribution in [2.45, 2.75) is 6.54 Å². The third-order valence-corrected chi connectivity index (χ3v) is 3.59. The SMILES string of the molecule is CN(CC(=O)Nc1cccc(F)c1)Cc1nc2c(cnn2C)c(=O)[nH]1. The third kappa shape index (κ3) is 3.89. The lowest BCUT2D eigenvalue weighted by Crippen LogP contribution is -2.31. The highest BCUT2D eigenvalue weighted by atomic mass is 19.1.